The summed E-state index contributed by atoms with van der Waals surface area (Å²) in [4.78, 5) is 243. The number of primary amides is 1. The number of halogens is 3. The molecule has 0 fully saturated rings. The standard InChI is InChI=1S/C86H147N27O23.C2HF3O2/c1-45(2)35-58(104-81(133)64(43-116)110-83(135)68(47(5)6)112-66(120)39-99-71(123)53(89)17-9-12-30-87)75(127)108-62(41-114)79(131)106-60(37-49-22-26-51(118)27-23-49)77(129)102-56(20-15-33-97-85(92)93)73(125)96-32-14-11-19-55(70(91)122)101-74(126)57(21-16-34-98-86(94)95)103-78(130)61(38-50-24-28-52(119)29-25-50)107-80(132)63(42-115)109-76(128)59(36-46(3)4)105-82(134)65(44-117)111-84(136)69(48(7)8)113-67(121)40-100-72(124)54(90)18-10-13-31-88;3-2(4,5)1(6)7/h22-29,45-48,53-65,68-69,114-119H,9-21,30-44,87-90H2,1-8H3,(H2,91,122)(H,96,125)(H,99,123)(H,100,124)(H,101,126)(H,102,129)(H,103,130)(H,104,133)(H,105,134)(H,106,131)(H,107,132)(H,108,127)(H,109,128)(H,110,135)(H,111,136)(H,112,120)(H,113,121)(H4,92,93,97)(H4,94,95,98);(H,6,7)/t53-,54-,55-,56-,57-,58-,59-,60-,61-,62-,63-,64-,65-,68-,69-;/m0./s1. The minimum absolute atomic E-state index is 0.0159. The molecule has 2 aromatic carbocycles. The van der Waals surface area contributed by atoms with Gasteiger partial charge in [0.1, 0.15) is 90.0 Å². The molecule has 0 heterocycles. The maximum Gasteiger partial charge on any atom is 0.490 e. The Bertz CT molecular complexity index is 4450. The Morgan fingerprint density at radius 3 is 0.895 bits per heavy atom. The molecule has 0 spiro atoms. The molecule has 2 aromatic rings. The molecule has 0 aliphatic carbocycles. The van der Waals surface area contributed by atoms with E-state index in [1.807, 2.05) is 0 Å². The van der Waals surface area contributed by atoms with Crippen LogP contribution in [0.1, 0.15) is 163 Å². The fraction of sp³-hybridized carbons (Fsp3) is 0.636. The number of carbonyl (C=O) groups is 18. The SMILES string of the molecule is CC(C)C[C@H](NC(=O)[C@H](CO)NC(=O)[C@@H](NC(=O)CNC(=O)[C@@H](N)CCCCN)C(C)C)C(=O)N[C@@H](CO)C(=O)N[C@@H](Cc1ccc(O)cc1)C(=O)N[C@@H](CCCNC(=N)N)C(=O)NCCCC[C@H](NC(=O)[C@H](CCCNC(=N)N)NC(=O)[C@H](Cc1ccc(O)cc1)NC(=O)[C@H](CO)NC(=O)[C@H](CC(C)C)NC(=O)[C@H](CO)NC(=O)[C@@H](NC(=O)CNC(=O)[C@@H](N)CCCCN)C(C)C)C(N)=O.O=C(O)C(F)(F)F. The number of aliphatic carboxylic acids is 1. The van der Waals surface area contributed by atoms with Gasteiger partial charge in [-0.05, 0) is 156 Å². The van der Waals surface area contributed by atoms with Gasteiger partial charge in [-0.25, -0.2) is 4.79 Å². The van der Waals surface area contributed by atoms with Gasteiger partial charge in [-0.15, -0.1) is 0 Å². The van der Waals surface area contributed by atoms with Gasteiger partial charge < -0.3 is 172 Å². The van der Waals surface area contributed by atoms with Crippen LogP contribution in [0.4, 0.5) is 13.2 Å². The van der Waals surface area contributed by atoms with Crippen molar-refractivity contribution in [2.75, 3.05) is 72.2 Å². The van der Waals surface area contributed by atoms with E-state index in [0.717, 1.165) is 0 Å². The fourth-order valence-corrected chi connectivity index (χ4v) is 13.4. The van der Waals surface area contributed by atoms with Gasteiger partial charge in [0.25, 0.3) is 0 Å². The number of rotatable bonds is 67. The van der Waals surface area contributed by atoms with Crippen molar-refractivity contribution in [1.29, 1.82) is 10.8 Å². The summed E-state index contributed by atoms with van der Waals surface area (Å²) in [5.41, 5.74) is 40.4. The number of carbonyl (C=O) groups excluding carboxylic acids is 17. The van der Waals surface area contributed by atoms with Gasteiger partial charge in [-0.2, -0.15) is 13.2 Å². The smallest absolute Gasteiger partial charge is 0.490 e. The first-order valence-electron chi connectivity index (χ1n) is 46.6. The van der Waals surface area contributed by atoms with E-state index in [1.165, 1.54) is 48.5 Å². The first-order chi connectivity index (χ1) is 67.2. The second-order valence-corrected chi connectivity index (χ2v) is 35.2. The van der Waals surface area contributed by atoms with Crippen molar-refractivity contribution in [1.82, 2.24) is 95.7 Å². The van der Waals surface area contributed by atoms with Gasteiger partial charge in [0.2, 0.25) is 100 Å². The van der Waals surface area contributed by atoms with Crippen molar-refractivity contribution >= 4 is 118 Å². The van der Waals surface area contributed by atoms with Gasteiger partial charge in [-0.1, -0.05) is 92.5 Å². The summed E-state index contributed by atoms with van der Waals surface area (Å²) >= 11 is 0. The molecule has 55 heteroatoms. The highest BCUT2D eigenvalue weighted by Crippen LogP contribution is 2.19. The van der Waals surface area contributed by atoms with Crippen molar-refractivity contribution in [3.8, 4) is 11.5 Å². The van der Waals surface area contributed by atoms with Crippen LogP contribution >= 0.6 is 0 Å². The number of carboxylic acids is 1. The van der Waals surface area contributed by atoms with Crippen molar-refractivity contribution in [2.45, 2.75) is 261 Å². The summed E-state index contributed by atoms with van der Waals surface area (Å²) in [7, 11) is 0. The minimum Gasteiger partial charge on any atom is -0.508 e. The van der Waals surface area contributed by atoms with E-state index in [0.29, 0.717) is 62.7 Å². The van der Waals surface area contributed by atoms with E-state index < -0.39 is 266 Å². The van der Waals surface area contributed by atoms with E-state index in [2.05, 4.69) is 95.7 Å². The Labute approximate surface area is 825 Å². The Balaban J connectivity index is 0.0000140. The summed E-state index contributed by atoms with van der Waals surface area (Å²) in [6.07, 6.45) is -3.41. The van der Waals surface area contributed by atoms with E-state index in [4.69, 9.17) is 60.9 Å². The van der Waals surface area contributed by atoms with Crippen LogP contribution in [0.15, 0.2) is 48.5 Å². The van der Waals surface area contributed by atoms with Crippen molar-refractivity contribution < 1.29 is 135 Å². The van der Waals surface area contributed by atoms with Crippen molar-refractivity contribution in [2.24, 2.45) is 63.8 Å². The van der Waals surface area contributed by atoms with Crippen LogP contribution < -0.4 is 136 Å². The second-order valence-electron chi connectivity index (χ2n) is 35.2. The Hall–Kier alpha value is -13.5. The first-order valence-corrected chi connectivity index (χ1v) is 46.6. The molecule has 0 saturated carbocycles. The Morgan fingerprint density at radius 1 is 0.329 bits per heavy atom. The summed E-state index contributed by atoms with van der Waals surface area (Å²) in [5.74, 6) is -22.1. The molecular formula is C88H148F3N27O25. The maximum atomic E-state index is 14.7. The molecule has 52 nitrogen and oxygen atoms in total. The van der Waals surface area contributed by atoms with Crippen LogP contribution in [0.3, 0.4) is 0 Å². The zero-order valence-electron chi connectivity index (χ0n) is 81.5. The molecule has 2 rings (SSSR count). The predicted molar refractivity (Wildman–Crippen MR) is 511 cm³/mol. The number of phenolic OH excluding ortho intramolecular Hbond substituents is 2. The third-order valence-electron chi connectivity index (χ3n) is 21.3. The number of aliphatic hydroxyl groups is 4. The Morgan fingerprint density at radius 2 is 0.594 bits per heavy atom. The number of alkyl halides is 3. The number of guanidine groups is 2. The maximum absolute atomic E-state index is 14.7. The lowest BCUT2D eigenvalue weighted by Crippen LogP contribution is -2.61. The van der Waals surface area contributed by atoms with Crippen LogP contribution in [0.2, 0.25) is 0 Å². The normalized spacial score (nSPS) is 14.3. The lowest BCUT2D eigenvalue weighted by Gasteiger charge is -2.28. The zero-order valence-corrected chi connectivity index (χ0v) is 81.5. The predicted octanol–water partition coefficient (Wildman–Crippen LogP) is -9.36. The highest BCUT2D eigenvalue weighted by Gasteiger charge is 2.41. The van der Waals surface area contributed by atoms with Gasteiger partial charge in [-0.3, -0.25) is 92.3 Å². The molecule has 0 aliphatic heterocycles. The second kappa shape index (κ2) is 67.8. The molecule has 0 aromatic heterocycles. The molecule has 0 saturated heterocycles. The molecule has 17 amide bonds. The van der Waals surface area contributed by atoms with Gasteiger partial charge in [0.05, 0.1) is 51.6 Å². The van der Waals surface area contributed by atoms with E-state index >= 15 is 0 Å². The van der Waals surface area contributed by atoms with Gasteiger partial charge in [0.15, 0.2) is 11.9 Å². The molecular weight excluding hydrogens is 1890 g/mol. The number of benzene rings is 2. The summed E-state index contributed by atoms with van der Waals surface area (Å²) in [6, 6.07) is -11.7. The molecule has 0 radical (unpaired) electrons. The zero-order chi connectivity index (χ0) is 109. The highest BCUT2D eigenvalue weighted by atomic mass is 19.4. The molecule has 806 valence electrons. The number of nitrogens with two attached hydrogens (primary N) is 7. The molecule has 0 aliphatic rings. The molecule has 143 heavy (non-hydrogen) atoms. The number of carboxylic acid groups (broad SMARTS) is 1. The lowest BCUT2D eigenvalue weighted by molar-refractivity contribution is -0.192. The van der Waals surface area contributed by atoms with Crippen molar-refractivity contribution in [3.63, 3.8) is 0 Å². The summed E-state index contributed by atoms with van der Waals surface area (Å²) in [5, 5.41) is 129. The highest BCUT2D eigenvalue weighted by molar-refractivity contribution is 6.01. The molecule has 15 atom stereocenters. The lowest BCUT2D eigenvalue weighted by atomic mass is 10.0. The van der Waals surface area contributed by atoms with Crippen LogP contribution in [0, 0.1) is 34.5 Å². The van der Waals surface area contributed by atoms with Crippen LogP contribution in [0.5, 0.6) is 11.5 Å². The van der Waals surface area contributed by atoms with Crippen LogP contribution in [-0.4, -0.2) is 323 Å². The Kier molecular flexibility index (Phi) is 60.5. The number of phenols is 2. The average molecular weight is 2040 g/mol. The van der Waals surface area contributed by atoms with Crippen LogP contribution in [-0.2, 0) is 99.1 Å². The van der Waals surface area contributed by atoms with E-state index in [-0.39, 0.29) is 114 Å². The fourth-order valence-electron chi connectivity index (χ4n) is 13.4. The number of hydrogen-bond acceptors (Lipinski definition) is 30. The monoisotopic (exact) mass is 2040 g/mol. The average Bonchev–Trinajstić information content (AvgIpc) is 0.862. The summed E-state index contributed by atoms with van der Waals surface area (Å²) < 4.78 is 31.7. The van der Waals surface area contributed by atoms with E-state index in [9.17, 15) is 125 Å². The number of nitrogens with one attached hydrogen (secondary N) is 20. The molecule has 41 N–H and O–H groups in total. The van der Waals surface area contributed by atoms with Crippen molar-refractivity contribution in [3.05, 3.63) is 59.7 Å². The molecule has 0 bridgehead atoms. The number of aromatic hydroxyl groups is 2. The third-order valence-corrected chi connectivity index (χ3v) is 21.3. The van der Waals surface area contributed by atoms with Gasteiger partial charge in [0, 0.05) is 32.5 Å². The topological polar surface area (TPSA) is 895 Å². The summed E-state index contributed by atoms with van der Waals surface area (Å²) in [6.45, 7) is 8.26. The third kappa shape index (κ3) is 52.2. The first kappa shape index (κ1) is 128. The van der Waals surface area contributed by atoms with Crippen LogP contribution in [0.25, 0.3) is 0 Å². The van der Waals surface area contributed by atoms with Gasteiger partial charge >= 0.3 is 12.1 Å². The quantitative estimate of drug-likeness (QED) is 0.0166. The minimum atomic E-state index is -5.08. The largest absolute Gasteiger partial charge is 0.508 e. The van der Waals surface area contributed by atoms with E-state index in [1.54, 1.807) is 55.4 Å². The molecule has 0 unspecified atom stereocenters. The number of aliphatic hydroxyl groups excluding tert-OH is 4. The number of amides is 17. The number of unbranched alkanes of at least 4 members (excludes halogenated alkanes) is 3. The number of hydrogen-bond donors (Lipinski definition) is 34.